The summed E-state index contributed by atoms with van der Waals surface area (Å²) < 4.78 is 16.4. The van der Waals surface area contributed by atoms with Gasteiger partial charge in [-0.25, -0.2) is 4.98 Å². The summed E-state index contributed by atoms with van der Waals surface area (Å²) in [6.07, 6.45) is 0.744. The van der Waals surface area contributed by atoms with Crippen LogP contribution in [0.4, 0.5) is 0 Å². The molecule has 1 aromatic carbocycles. The Morgan fingerprint density at radius 3 is 2.45 bits per heavy atom. The Hall–Kier alpha value is -3.39. The molecule has 0 radical (unpaired) electrons. The number of fused-ring (bicyclic) bond motifs is 2. The maximum Gasteiger partial charge on any atom is 0.259 e. The van der Waals surface area contributed by atoms with Gasteiger partial charge in [0, 0.05) is 28.4 Å². The third-order valence-corrected chi connectivity index (χ3v) is 7.14. The van der Waals surface area contributed by atoms with Crippen LogP contribution in [0.1, 0.15) is 36.9 Å². The van der Waals surface area contributed by atoms with E-state index in [0.29, 0.717) is 46.9 Å². The number of hydrogen-bond acceptors (Lipinski definition) is 7. The van der Waals surface area contributed by atoms with Crippen molar-refractivity contribution in [2.45, 2.75) is 33.7 Å². The summed E-state index contributed by atoms with van der Waals surface area (Å²) in [6.45, 7) is 7.08. The molecule has 8 heteroatoms. The van der Waals surface area contributed by atoms with Crippen molar-refractivity contribution in [3.63, 3.8) is 0 Å². The normalized spacial score (nSPS) is 13.3. The monoisotopic (exact) mass is 463 g/mol. The van der Waals surface area contributed by atoms with Crippen LogP contribution in [0.25, 0.3) is 22.4 Å². The zero-order chi connectivity index (χ0) is 23.3. The number of rotatable bonds is 4. The molecule has 0 spiro atoms. The van der Waals surface area contributed by atoms with Crippen molar-refractivity contribution in [1.82, 2.24) is 15.0 Å². The fourth-order valence-electron chi connectivity index (χ4n) is 4.51. The second-order valence-electron chi connectivity index (χ2n) is 8.28. The predicted molar refractivity (Wildman–Crippen MR) is 127 cm³/mol. The quantitative estimate of drug-likeness (QED) is 0.419. The Kier molecular flexibility index (Phi) is 5.32. The number of methoxy groups -OCH3 is 2. The van der Waals surface area contributed by atoms with Crippen LogP contribution >= 0.6 is 11.3 Å². The summed E-state index contributed by atoms with van der Waals surface area (Å²) in [4.78, 5) is 22.7. The molecule has 1 aliphatic rings. The van der Waals surface area contributed by atoms with Crippen LogP contribution in [-0.4, -0.2) is 41.7 Å². The van der Waals surface area contributed by atoms with E-state index in [-0.39, 0.29) is 5.91 Å². The van der Waals surface area contributed by atoms with E-state index < -0.39 is 0 Å². The standard InChI is InChI=1S/C25H25N3O4S/c1-13-8-18(15(3)33-13)20-11-19(23-14(2)27-32-24(23)26-20)25(29)28-7-6-16-9-21(30-4)22(31-5)10-17(16)12-28/h8-11H,6-7,12H2,1-5H3. The number of aromatic nitrogens is 2. The molecule has 1 amide bonds. The molecular weight excluding hydrogens is 438 g/mol. The molecule has 33 heavy (non-hydrogen) atoms. The van der Waals surface area contributed by atoms with Crippen LogP contribution in [0.3, 0.4) is 0 Å². The highest BCUT2D eigenvalue weighted by Gasteiger charge is 2.27. The van der Waals surface area contributed by atoms with Gasteiger partial charge in [0.15, 0.2) is 11.5 Å². The van der Waals surface area contributed by atoms with Gasteiger partial charge in [-0.15, -0.1) is 11.3 Å². The zero-order valence-electron chi connectivity index (χ0n) is 19.3. The van der Waals surface area contributed by atoms with Gasteiger partial charge >= 0.3 is 0 Å². The lowest BCUT2D eigenvalue weighted by molar-refractivity contribution is 0.0736. The fraction of sp³-hybridized carbons (Fsp3) is 0.320. The number of thiophene rings is 1. The van der Waals surface area contributed by atoms with E-state index in [4.69, 9.17) is 14.0 Å². The predicted octanol–water partition coefficient (Wildman–Crippen LogP) is 5.09. The number of amides is 1. The maximum atomic E-state index is 13.8. The third-order valence-electron chi connectivity index (χ3n) is 6.17. The van der Waals surface area contributed by atoms with E-state index in [1.165, 1.54) is 10.4 Å². The fourth-order valence-corrected chi connectivity index (χ4v) is 5.45. The van der Waals surface area contributed by atoms with Gasteiger partial charge in [0.2, 0.25) is 0 Å². The number of carbonyl (C=O) groups excluding carboxylic acids is 1. The zero-order valence-corrected chi connectivity index (χ0v) is 20.1. The Morgan fingerprint density at radius 2 is 1.79 bits per heavy atom. The highest BCUT2D eigenvalue weighted by molar-refractivity contribution is 7.12. The molecule has 0 N–H and O–H groups in total. The molecule has 1 aliphatic heterocycles. The second kappa shape index (κ2) is 8.19. The summed E-state index contributed by atoms with van der Waals surface area (Å²) in [5.41, 5.74) is 5.60. The van der Waals surface area contributed by atoms with Crippen molar-refractivity contribution < 1.29 is 18.8 Å². The molecule has 0 bridgehead atoms. The molecule has 7 nitrogen and oxygen atoms in total. The Bertz CT molecular complexity index is 1390. The van der Waals surface area contributed by atoms with Gasteiger partial charge < -0.3 is 18.9 Å². The number of hydrogen-bond donors (Lipinski definition) is 0. The van der Waals surface area contributed by atoms with Gasteiger partial charge in [-0.1, -0.05) is 5.16 Å². The van der Waals surface area contributed by atoms with Crippen LogP contribution in [0.2, 0.25) is 0 Å². The van der Waals surface area contributed by atoms with Crippen molar-refractivity contribution in [2.24, 2.45) is 0 Å². The molecule has 0 unspecified atom stereocenters. The number of benzene rings is 1. The van der Waals surface area contributed by atoms with Gasteiger partial charge in [-0.2, -0.15) is 0 Å². The van der Waals surface area contributed by atoms with E-state index in [0.717, 1.165) is 28.1 Å². The van der Waals surface area contributed by atoms with Crippen molar-refractivity contribution in [3.05, 3.63) is 56.4 Å². The van der Waals surface area contributed by atoms with E-state index >= 15 is 0 Å². The summed E-state index contributed by atoms with van der Waals surface area (Å²) in [5.74, 6) is 1.32. The van der Waals surface area contributed by atoms with Crippen molar-refractivity contribution in [1.29, 1.82) is 0 Å². The second-order valence-corrected chi connectivity index (χ2v) is 9.74. The van der Waals surface area contributed by atoms with Gasteiger partial charge in [-0.05, 0) is 62.6 Å². The van der Waals surface area contributed by atoms with Gasteiger partial charge in [0.05, 0.1) is 36.6 Å². The Morgan fingerprint density at radius 1 is 1.06 bits per heavy atom. The Balaban J connectivity index is 1.56. The molecule has 0 aliphatic carbocycles. The maximum absolute atomic E-state index is 13.8. The molecule has 5 rings (SSSR count). The number of nitrogens with zero attached hydrogens (tertiary/aromatic N) is 3. The molecule has 0 saturated carbocycles. The number of ether oxygens (including phenoxy) is 2. The summed E-state index contributed by atoms with van der Waals surface area (Å²) >= 11 is 1.71. The largest absolute Gasteiger partial charge is 0.493 e. The minimum absolute atomic E-state index is 0.0556. The Labute approximate surface area is 195 Å². The molecule has 0 saturated heterocycles. The van der Waals surface area contributed by atoms with Gasteiger partial charge in [-0.3, -0.25) is 4.79 Å². The SMILES string of the molecule is COc1cc2c(cc1OC)CN(C(=O)c1cc(-c3cc(C)sc3C)nc3onc(C)c13)CC2. The summed E-state index contributed by atoms with van der Waals surface area (Å²) in [6, 6.07) is 7.95. The third kappa shape index (κ3) is 3.64. The first-order valence-electron chi connectivity index (χ1n) is 10.8. The van der Waals surface area contributed by atoms with Crippen LogP contribution in [0.5, 0.6) is 11.5 Å². The molecule has 170 valence electrons. The van der Waals surface area contributed by atoms with Gasteiger partial charge in [0.1, 0.15) is 0 Å². The summed E-state index contributed by atoms with van der Waals surface area (Å²) in [5, 5.41) is 4.76. The number of aryl methyl sites for hydroxylation is 3. The van der Waals surface area contributed by atoms with Crippen LogP contribution in [-0.2, 0) is 13.0 Å². The van der Waals surface area contributed by atoms with E-state index in [2.05, 4.69) is 30.1 Å². The van der Waals surface area contributed by atoms with Crippen molar-refractivity contribution in [2.75, 3.05) is 20.8 Å². The van der Waals surface area contributed by atoms with E-state index in [1.807, 2.05) is 30.0 Å². The lowest BCUT2D eigenvalue weighted by Gasteiger charge is -2.30. The van der Waals surface area contributed by atoms with Gasteiger partial charge in [0.25, 0.3) is 11.6 Å². The van der Waals surface area contributed by atoms with Crippen LogP contribution < -0.4 is 9.47 Å². The molecule has 0 fully saturated rings. The highest BCUT2D eigenvalue weighted by Crippen LogP contribution is 2.36. The average molecular weight is 464 g/mol. The summed E-state index contributed by atoms with van der Waals surface area (Å²) in [7, 11) is 3.25. The minimum atomic E-state index is -0.0556. The van der Waals surface area contributed by atoms with Crippen molar-refractivity contribution in [3.8, 4) is 22.8 Å². The molecule has 4 heterocycles. The van der Waals surface area contributed by atoms with Crippen molar-refractivity contribution >= 4 is 28.3 Å². The molecule has 3 aromatic heterocycles. The van der Waals surface area contributed by atoms with E-state index in [9.17, 15) is 4.79 Å². The topological polar surface area (TPSA) is 77.7 Å². The molecular formula is C25H25N3O4S. The highest BCUT2D eigenvalue weighted by atomic mass is 32.1. The lowest BCUT2D eigenvalue weighted by Crippen LogP contribution is -2.36. The minimum Gasteiger partial charge on any atom is -0.493 e. The first-order valence-corrected chi connectivity index (χ1v) is 11.6. The lowest BCUT2D eigenvalue weighted by atomic mass is 9.97. The molecule has 4 aromatic rings. The number of pyridine rings is 1. The first kappa shape index (κ1) is 21.5. The van der Waals surface area contributed by atoms with Crippen LogP contribution in [0, 0.1) is 20.8 Å². The first-order chi connectivity index (χ1) is 15.9. The molecule has 0 atom stereocenters. The smallest absolute Gasteiger partial charge is 0.259 e. The number of carbonyl (C=O) groups is 1. The average Bonchev–Trinajstić information content (AvgIpc) is 3.37. The van der Waals surface area contributed by atoms with E-state index in [1.54, 1.807) is 25.6 Å². The van der Waals surface area contributed by atoms with Crippen LogP contribution in [0.15, 0.2) is 28.8 Å².